The normalized spacial score (nSPS) is 11.0. The first-order valence-corrected chi connectivity index (χ1v) is 13.1. The molecule has 0 saturated heterocycles. The summed E-state index contributed by atoms with van der Waals surface area (Å²) in [6.45, 7) is 1.33. The fraction of sp³-hybridized carbons (Fsp3) is 0.133. The van der Waals surface area contributed by atoms with Gasteiger partial charge in [0.15, 0.2) is 16.6 Å². The van der Waals surface area contributed by atoms with Crippen molar-refractivity contribution < 1.29 is 4.79 Å². The number of nitrogens with zero attached hydrogens (tertiary/aromatic N) is 3. The zero-order valence-electron chi connectivity index (χ0n) is 20.0. The van der Waals surface area contributed by atoms with Gasteiger partial charge < -0.3 is 5.32 Å². The molecule has 3 aromatic carbocycles. The van der Waals surface area contributed by atoms with Gasteiger partial charge >= 0.3 is 0 Å². The average Bonchev–Trinajstić information content (AvgIpc) is 2.95. The van der Waals surface area contributed by atoms with Crippen molar-refractivity contribution in [3.63, 3.8) is 0 Å². The van der Waals surface area contributed by atoms with E-state index in [1.807, 2.05) is 61.0 Å². The van der Waals surface area contributed by atoms with Gasteiger partial charge in [0, 0.05) is 47.8 Å². The number of carbonyl (C=O) groups is 1. The molecule has 36 heavy (non-hydrogen) atoms. The van der Waals surface area contributed by atoms with Crippen LogP contribution in [0, 0.1) is 0 Å². The molecule has 2 aromatic heterocycles. The van der Waals surface area contributed by atoms with E-state index < -0.39 is 0 Å². The summed E-state index contributed by atoms with van der Waals surface area (Å²) in [7, 11) is 0. The molecule has 0 saturated carbocycles. The number of nitrogens with one attached hydrogen (secondary N) is 1. The number of rotatable bonds is 9. The van der Waals surface area contributed by atoms with Gasteiger partial charge in [-0.1, -0.05) is 96.7 Å². The molecule has 0 atom stereocenters. The molecular weight excluding hydrogens is 464 g/mol. The van der Waals surface area contributed by atoms with E-state index in [1.165, 1.54) is 11.8 Å². The van der Waals surface area contributed by atoms with Gasteiger partial charge in [0.1, 0.15) is 0 Å². The lowest BCUT2D eigenvalue weighted by Crippen LogP contribution is -2.17. The molecule has 2 heterocycles. The SMILES string of the molecule is CSc1ncc2cc(-c3ccccc3)c(-c3ccc(CNCCC(=O)c4ccccc4)cc3)nc2n1. The largest absolute Gasteiger partial charge is 0.312 e. The third kappa shape index (κ3) is 5.51. The van der Waals surface area contributed by atoms with Crippen molar-refractivity contribution in [3.8, 4) is 22.4 Å². The van der Waals surface area contributed by atoms with E-state index in [0.29, 0.717) is 30.3 Å². The molecule has 178 valence electrons. The third-order valence-corrected chi connectivity index (χ3v) is 6.56. The quantitative estimate of drug-likeness (QED) is 0.111. The van der Waals surface area contributed by atoms with Crippen molar-refractivity contribution in [2.24, 2.45) is 0 Å². The topological polar surface area (TPSA) is 67.8 Å². The standard InChI is InChI=1S/C30H26N4OS/c1-36-30-32-20-25-18-26(22-8-4-2-5-9-22)28(33-29(25)34-30)24-14-12-21(13-15-24)19-31-17-16-27(35)23-10-6-3-7-11-23/h2-15,18,20,31H,16-17,19H2,1H3. The lowest BCUT2D eigenvalue weighted by molar-refractivity contribution is 0.0982. The Balaban J connectivity index is 1.34. The highest BCUT2D eigenvalue weighted by Gasteiger charge is 2.13. The van der Waals surface area contributed by atoms with Crippen LogP contribution >= 0.6 is 11.8 Å². The second kappa shape index (κ2) is 11.2. The Morgan fingerprint density at radius 1 is 0.861 bits per heavy atom. The number of fused-ring (bicyclic) bond motifs is 1. The molecule has 0 aliphatic rings. The predicted octanol–water partition coefficient (Wildman–Crippen LogP) is 6.44. The summed E-state index contributed by atoms with van der Waals surface area (Å²) in [4.78, 5) is 26.3. The first-order chi connectivity index (χ1) is 17.7. The first-order valence-electron chi connectivity index (χ1n) is 11.9. The highest BCUT2D eigenvalue weighted by molar-refractivity contribution is 7.98. The maximum absolute atomic E-state index is 12.3. The van der Waals surface area contributed by atoms with Crippen LogP contribution < -0.4 is 5.32 Å². The monoisotopic (exact) mass is 490 g/mol. The van der Waals surface area contributed by atoms with Crippen LogP contribution in [0.3, 0.4) is 0 Å². The number of aromatic nitrogens is 3. The molecule has 0 unspecified atom stereocenters. The Morgan fingerprint density at radius 3 is 2.31 bits per heavy atom. The lowest BCUT2D eigenvalue weighted by atomic mass is 9.98. The summed E-state index contributed by atoms with van der Waals surface area (Å²) in [6.07, 6.45) is 4.28. The number of Topliss-reactive ketones (excluding diaryl/α,β-unsaturated/α-hetero) is 1. The number of hydrogen-bond donors (Lipinski definition) is 1. The summed E-state index contributed by atoms with van der Waals surface area (Å²) < 4.78 is 0. The van der Waals surface area contributed by atoms with Gasteiger partial charge in [-0.25, -0.2) is 15.0 Å². The highest BCUT2D eigenvalue weighted by atomic mass is 32.2. The minimum absolute atomic E-state index is 0.155. The number of ketones is 1. The fourth-order valence-electron chi connectivity index (χ4n) is 4.09. The van der Waals surface area contributed by atoms with E-state index in [-0.39, 0.29) is 5.78 Å². The van der Waals surface area contributed by atoms with E-state index in [2.05, 4.69) is 57.7 Å². The average molecular weight is 491 g/mol. The number of thioether (sulfide) groups is 1. The van der Waals surface area contributed by atoms with Gasteiger partial charge in [0.25, 0.3) is 0 Å². The number of hydrogen-bond acceptors (Lipinski definition) is 6. The van der Waals surface area contributed by atoms with E-state index in [1.54, 1.807) is 0 Å². The van der Waals surface area contributed by atoms with Gasteiger partial charge in [0.05, 0.1) is 5.69 Å². The molecular formula is C30H26N4OS. The molecule has 0 bridgehead atoms. The predicted molar refractivity (Wildman–Crippen MR) is 147 cm³/mol. The summed E-state index contributed by atoms with van der Waals surface area (Å²) in [5.41, 5.74) is 6.68. The maximum atomic E-state index is 12.3. The van der Waals surface area contributed by atoms with Gasteiger partial charge in [-0.05, 0) is 23.4 Å². The second-order valence-corrected chi connectivity index (χ2v) is 9.21. The molecule has 0 radical (unpaired) electrons. The highest BCUT2D eigenvalue weighted by Crippen LogP contribution is 2.33. The Hall–Kier alpha value is -3.87. The Bertz CT molecular complexity index is 1470. The van der Waals surface area contributed by atoms with E-state index in [9.17, 15) is 4.79 Å². The molecule has 5 nitrogen and oxygen atoms in total. The minimum Gasteiger partial charge on any atom is -0.312 e. The molecule has 5 rings (SSSR count). The fourth-order valence-corrected chi connectivity index (χ4v) is 4.42. The van der Waals surface area contributed by atoms with Gasteiger partial charge in [-0.2, -0.15) is 0 Å². The maximum Gasteiger partial charge on any atom is 0.189 e. The van der Waals surface area contributed by atoms with Crippen molar-refractivity contribution >= 4 is 28.6 Å². The van der Waals surface area contributed by atoms with Crippen LogP contribution in [-0.4, -0.2) is 33.5 Å². The lowest BCUT2D eigenvalue weighted by Gasteiger charge is -2.12. The van der Waals surface area contributed by atoms with Crippen LogP contribution in [0.2, 0.25) is 0 Å². The smallest absolute Gasteiger partial charge is 0.189 e. The van der Waals surface area contributed by atoms with Crippen LogP contribution in [-0.2, 0) is 6.54 Å². The van der Waals surface area contributed by atoms with Crippen molar-refractivity contribution in [2.45, 2.75) is 18.1 Å². The van der Waals surface area contributed by atoms with Crippen LogP contribution in [0.25, 0.3) is 33.4 Å². The number of pyridine rings is 1. The first kappa shape index (κ1) is 23.9. The second-order valence-electron chi connectivity index (χ2n) is 8.43. The summed E-state index contributed by atoms with van der Waals surface area (Å²) in [5.74, 6) is 0.155. The molecule has 0 amide bonds. The molecule has 5 aromatic rings. The van der Waals surface area contributed by atoms with Crippen LogP contribution in [0.4, 0.5) is 0 Å². The van der Waals surface area contributed by atoms with Gasteiger partial charge in [-0.15, -0.1) is 0 Å². The zero-order valence-corrected chi connectivity index (χ0v) is 20.8. The Labute approximate surface area is 215 Å². The molecule has 6 heteroatoms. The third-order valence-electron chi connectivity index (χ3n) is 5.99. The van der Waals surface area contributed by atoms with E-state index >= 15 is 0 Å². The molecule has 0 spiro atoms. The van der Waals surface area contributed by atoms with Crippen molar-refractivity contribution in [2.75, 3.05) is 12.8 Å². The van der Waals surface area contributed by atoms with Crippen LogP contribution in [0.1, 0.15) is 22.3 Å². The number of benzene rings is 3. The minimum atomic E-state index is 0.155. The summed E-state index contributed by atoms with van der Waals surface area (Å²) in [5, 5.41) is 5.01. The van der Waals surface area contributed by atoms with Crippen molar-refractivity contribution in [1.82, 2.24) is 20.3 Å². The molecule has 1 N–H and O–H groups in total. The van der Waals surface area contributed by atoms with Crippen molar-refractivity contribution in [3.05, 3.63) is 108 Å². The number of carbonyl (C=O) groups excluding carboxylic acids is 1. The summed E-state index contributed by atoms with van der Waals surface area (Å²) in [6, 6.07) is 30.2. The van der Waals surface area contributed by atoms with Gasteiger partial charge in [0.2, 0.25) is 0 Å². The molecule has 0 aliphatic carbocycles. The van der Waals surface area contributed by atoms with Crippen LogP contribution in [0.5, 0.6) is 0 Å². The van der Waals surface area contributed by atoms with E-state index in [0.717, 1.165) is 38.9 Å². The molecule has 0 fully saturated rings. The van der Waals surface area contributed by atoms with Gasteiger partial charge in [-0.3, -0.25) is 4.79 Å². The summed E-state index contributed by atoms with van der Waals surface area (Å²) >= 11 is 1.51. The Kier molecular flexibility index (Phi) is 7.45. The van der Waals surface area contributed by atoms with Crippen molar-refractivity contribution in [1.29, 1.82) is 0 Å². The Morgan fingerprint density at radius 2 is 1.58 bits per heavy atom. The molecule has 0 aliphatic heterocycles. The van der Waals surface area contributed by atoms with E-state index in [4.69, 9.17) is 4.98 Å². The van der Waals surface area contributed by atoms with Crippen LogP contribution in [0.15, 0.2) is 102 Å². The zero-order chi connectivity index (χ0) is 24.7.